The lowest BCUT2D eigenvalue weighted by Crippen LogP contribution is -2.41. The zero-order chi connectivity index (χ0) is 11.8. The Morgan fingerprint density at radius 3 is 2.33 bits per heavy atom. The summed E-state index contributed by atoms with van der Waals surface area (Å²) in [7, 11) is 0. The molecule has 0 heterocycles. The van der Waals surface area contributed by atoms with Crippen molar-refractivity contribution >= 4 is 5.91 Å². The minimum absolute atomic E-state index is 0.111. The van der Waals surface area contributed by atoms with Gasteiger partial charge in [-0.2, -0.15) is 5.26 Å². The van der Waals surface area contributed by atoms with Crippen molar-refractivity contribution in [3.05, 3.63) is 0 Å². The average Bonchev–Trinajstić information content (AvgIpc) is 2.21. The second kappa shape index (κ2) is 7.28. The molecule has 2 unspecified atom stereocenters. The molecule has 1 amide bonds. The van der Waals surface area contributed by atoms with Gasteiger partial charge < -0.3 is 5.32 Å². The van der Waals surface area contributed by atoms with Gasteiger partial charge in [0.1, 0.15) is 5.92 Å². The molecule has 0 aromatic carbocycles. The maximum Gasteiger partial charge on any atom is 0.237 e. The summed E-state index contributed by atoms with van der Waals surface area (Å²) >= 11 is 0. The van der Waals surface area contributed by atoms with E-state index in [1.165, 1.54) is 0 Å². The fourth-order valence-corrected chi connectivity index (χ4v) is 1.57. The van der Waals surface area contributed by atoms with E-state index < -0.39 is 5.92 Å². The first-order valence-electron chi connectivity index (χ1n) is 5.76. The molecule has 15 heavy (non-hydrogen) atoms. The molecule has 86 valence electrons. The molecule has 0 aromatic heterocycles. The van der Waals surface area contributed by atoms with E-state index in [4.69, 9.17) is 5.26 Å². The van der Waals surface area contributed by atoms with E-state index in [9.17, 15) is 4.79 Å². The minimum atomic E-state index is -0.484. The molecule has 0 aliphatic heterocycles. The lowest BCUT2D eigenvalue weighted by molar-refractivity contribution is -0.124. The summed E-state index contributed by atoms with van der Waals surface area (Å²) in [4.78, 5) is 11.7. The summed E-state index contributed by atoms with van der Waals surface area (Å²) in [5, 5.41) is 11.8. The Kier molecular flexibility index (Phi) is 6.77. The van der Waals surface area contributed by atoms with E-state index >= 15 is 0 Å². The number of nitrogens with one attached hydrogen (secondary N) is 1. The minimum Gasteiger partial charge on any atom is -0.352 e. The molecule has 0 aromatic rings. The van der Waals surface area contributed by atoms with Gasteiger partial charge in [0.15, 0.2) is 0 Å². The molecule has 0 aliphatic carbocycles. The van der Waals surface area contributed by atoms with Gasteiger partial charge in [0.2, 0.25) is 5.91 Å². The predicted molar refractivity (Wildman–Crippen MR) is 61.1 cm³/mol. The van der Waals surface area contributed by atoms with Crippen molar-refractivity contribution in [2.24, 2.45) is 11.8 Å². The van der Waals surface area contributed by atoms with Gasteiger partial charge in [-0.15, -0.1) is 0 Å². The second-order valence-electron chi connectivity index (χ2n) is 4.24. The monoisotopic (exact) mass is 210 g/mol. The van der Waals surface area contributed by atoms with Crippen LogP contribution in [0, 0.1) is 23.2 Å². The highest BCUT2D eigenvalue weighted by Gasteiger charge is 2.20. The fourth-order valence-electron chi connectivity index (χ4n) is 1.57. The Bertz CT molecular complexity index is 230. The lowest BCUT2D eigenvalue weighted by Gasteiger charge is -2.22. The number of carbonyl (C=O) groups is 1. The number of nitrogens with zero attached hydrogens (tertiary/aromatic N) is 1. The van der Waals surface area contributed by atoms with Crippen molar-refractivity contribution in [1.82, 2.24) is 5.32 Å². The number of rotatable bonds is 6. The van der Waals surface area contributed by atoms with Crippen molar-refractivity contribution < 1.29 is 4.79 Å². The van der Waals surface area contributed by atoms with Gasteiger partial charge in [-0.3, -0.25) is 4.79 Å². The fraction of sp³-hybridized carbons (Fsp3) is 0.833. The number of hydrogen-bond acceptors (Lipinski definition) is 2. The van der Waals surface area contributed by atoms with Gasteiger partial charge >= 0.3 is 0 Å². The van der Waals surface area contributed by atoms with Crippen LogP contribution in [0.3, 0.4) is 0 Å². The van der Waals surface area contributed by atoms with Crippen molar-refractivity contribution in [3.8, 4) is 6.07 Å². The van der Waals surface area contributed by atoms with Crippen LogP contribution in [0.4, 0.5) is 0 Å². The first-order chi connectivity index (χ1) is 7.06. The quantitative estimate of drug-likeness (QED) is 0.732. The van der Waals surface area contributed by atoms with Crippen molar-refractivity contribution in [1.29, 1.82) is 5.26 Å². The molecule has 2 atom stereocenters. The highest BCUT2D eigenvalue weighted by molar-refractivity contribution is 5.81. The van der Waals surface area contributed by atoms with Crippen LogP contribution in [0.5, 0.6) is 0 Å². The summed E-state index contributed by atoms with van der Waals surface area (Å²) in [6.07, 6.45) is 2.43. The van der Waals surface area contributed by atoms with E-state index in [1.807, 2.05) is 13.8 Å². The first kappa shape index (κ1) is 14.0. The van der Waals surface area contributed by atoms with Crippen LogP contribution < -0.4 is 5.32 Å². The SMILES string of the molecule is CCCC(C#N)C(=O)NC(CC)C(C)C. The molecular weight excluding hydrogens is 188 g/mol. The van der Waals surface area contributed by atoms with Crippen molar-refractivity contribution in [2.45, 2.75) is 53.0 Å². The van der Waals surface area contributed by atoms with E-state index in [0.717, 1.165) is 12.8 Å². The number of nitriles is 1. The third kappa shape index (κ3) is 4.83. The van der Waals surface area contributed by atoms with Gasteiger partial charge in [-0.25, -0.2) is 0 Å². The van der Waals surface area contributed by atoms with Crippen LogP contribution in [0.15, 0.2) is 0 Å². The third-order valence-corrected chi connectivity index (χ3v) is 2.62. The molecule has 3 nitrogen and oxygen atoms in total. The number of amides is 1. The molecule has 0 bridgehead atoms. The van der Waals surface area contributed by atoms with E-state index in [0.29, 0.717) is 12.3 Å². The zero-order valence-corrected chi connectivity index (χ0v) is 10.2. The third-order valence-electron chi connectivity index (χ3n) is 2.62. The van der Waals surface area contributed by atoms with E-state index in [-0.39, 0.29) is 11.9 Å². The van der Waals surface area contributed by atoms with Crippen LogP contribution in [-0.2, 0) is 4.79 Å². The van der Waals surface area contributed by atoms with Gasteiger partial charge in [0.05, 0.1) is 6.07 Å². The maximum atomic E-state index is 11.7. The molecular formula is C12H22N2O. The van der Waals surface area contributed by atoms with E-state index in [1.54, 1.807) is 0 Å². The summed E-state index contributed by atoms with van der Waals surface area (Å²) in [5.74, 6) is -0.178. The molecule has 0 fully saturated rings. The number of carbonyl (C=O) groups excluding carboxylic acids is 1. The van der Waals surface area contributed by atoms with Crippen LogP contribution in [-0.4, -0.2) is 11.9 Å². The first-order valence-corrected chi connectivity index (χ1v) is 5.76. The predicted octanol–water partition coefficient (Wildman–Crippen LogP) is 2.48. The lowest BCUT2D eigenvalue weighted by atomic mass is 9.99. The Labute approximate surface area is 92.9 Å². The van der Waals surface area contributed by atoms with Gasteiger partial charge in [0.25, 0.3) is 0 Å². The highest BCUT2D eigenvalue weighted by atomic mass is 16.1. The molecule has 3 heteroatoms. The standard InChI is InChI=1S/C12H22N2O/c1-5-7-10(8-13)12(15)14-11(6-2)9(3)4/h9-11H,5-7H2,1-4H3,(H,14,15). The molecule has 0 radical (unpaired) electrons. The normalized spacial score (nSPS) is 14.4. The largest absolute Gasteiger partial charge is 0.352 e. The van der Waals surface area contributed by atoms with Gasteiger partial charge in [-0.1, -0.05) is 34.1 Å². The number of hydrogen-bond donors (Lipinski definition) is 1. The molecule has 1 N–H and O–H groups in total. The Balaban J connectivity index is 4.26. The molecule has 0 rings (SSSR count). The molecule has 0 saturated heterocycles. The summed E-state index contributed by atoms with van der Waals surface area (Å²) in [5.41, 5.74) is 0. The topological polar surface area (TPSA) is 52.9 Å². The highest BCUT2D eigenvalue weighted by Crippen LogP contribution is 2.09. The molecule has 0 aliphatic rings. The summed E-state index contributed by atoms with van der Waals surface area (Å²) < 4.78 is 0. The van der Waals surface area contributed by atoms with Crippen LogP contribution in [0.25, 0.3) is 0 Å². The maximum absolute atomic E-state index is 11.7. The average molecular weight is 210 g/mol. The van der Waals surface area contributed by atoms with Crippen LogP contribution >= 0.6 is 0 Å². The zero-order valence-electron chi connectivity index (χ0n) is 10.2. The molecule has 0 saturated carbocycles. The van der Waals surface area contributed by atoms with E-state index in [2.05, 4.69) is 25.2 Å². The second-order valence-corrected chi connectivity index (χ2v) is 4.24. The smallest absolute Gasteiger partial charge is 0.237 e. The van der Waals surface area contributed by atoms with Gasteiger partial charge in [-0.05, 0) is 18.8 Å². The summed E-state index contributed by atoms with van der Waals surface area (Å²) in [6.45, 7) is 8.19. The Morgan fingerprint density at radius 2 is 2.00 bits per heavy atom. The summed E-state index contributed by atoms with van der Waals surface area (Å²) in [6, 6.07) is 2.24. The Morgan fingerprint density at radius 1 is 1.40 bits per heavy atom. The van der Waals surface area contributed by atoms with Crippen LogP contribution in [0.1, 0.15) is 47.0 Å². The van der Waals surface area contributed by atoms with Crippen molar-refractivity contribution in [3.63, 3.8) is 0 Å². The molecule has 0 spiro atoms. The van der Waals surface area contributed by atoms with Gasteiger partial charge in [0, 0.05) is 6.04 Å². The van der Waals surface area contributed by atoms with Crippen LogP contribution in [0.2, 0.25) is 0 Å². The van der Waals surface area contributed by atoms with Crippen molar-refractivity contribution in [2.75, 3.05) is 0 Å². The Hall–Kier alpha value is -1.04.